The van der Waals surface area contributed by atoms with Crippen LogP contribution in [0.2, 0.25) is 0 Å². The number of methoxy groups -OCH3 is 1. The number of nitrogens with one attached hydrogen (secondary N) is 1. The van der Waals surface area contributed by atoms with Crippen molar-refractivity contribution in [1.82, 2.24) is 0 Å². The standard InChI is InChI=1S/C9H12N2O3S2/c1-14-8-4-3-6(16(2,12)13)5-7(8)11-9(10)15/h3-5H,1-2H3,(H3,10,11,15). The number of benzene rings is 1. The number of hydrogen-bond donors (Lipinski definition) is 2. The van der Waals surface area contributed by atoms with Crippen molar-refractivity contribution in [3.63, 3.8) is 0 Å². The van der Waals surface area contributed by atoms with Crippen LogP contribution in [0.25, 0.3) is 0 Å². The van der Waals surface area contributed by atoms with Crippen molar-refractivity contribution >= 4 is 32.9 Å². The Balaban J connectivity index is 3.27. The number of ether oxygens (including phenoxy) is 1. The molecule has 1 rings (SSSR count). The van der Waals surface area contributed by atoms with E-state index in [0.29, 0.717) is 11.4 Å². The zero-order valence-electron chi connectivity index (χ0n) is 8.85. The number of nitrogens with two attached hydrogens (primary N) is 1. The summed E-state index contributed by atoms with van der Waals surface area (Å²) in [4.78, 5) is 0.173. The van der Waals surface area contributed by atoms with Crippen molar-refractivity contribution in [3.05, 3.63) is 18.2 Å². The molecule has 1 aromatic rings. The highest BCUT2D eigenvalue weighted by Gasteiger charge is 2.11. The fraction of sp³-hybridized carbons (Fsp3) is 0.222. The van der Waals surface area contributed by atoms with Gasteiger partial charge < -0.3 is 15.8 Å². The second-order valence-corrected chi connectivity index (χ2v) is 5.58. The van der Waals surface area contributed by atoms with E-state index in [4.69, 9.17) is 10.5 Å². The highest BCUT2D eigenvalue weighted by Crippen LogP contribution is 2.27. The Morgan fingerprint density at radius 1 is 1.50 bits per heavy atom. The molecule has 3 N–H and O–H groups in total. The molecule has 0 bridgehead atoms. The average Bonchev–Trinajstić information content (AvgIpc) is 2.15. The van der Waals surface area contributed by atoms with E-state index >= 15 is 0 Å². The molecule has 16 heavy (non-hydrogen) atoms. The molecule has 1 aromatic carbocycles. The van der Waals surface area contributed by atoms with E-state index < -0.39 is 9.84 Å². The lowest BCUT2D eigenvalue weighted by atomic mass is 10.3. The number of hydrogen-bond acceptors (Lipinski definition) is 4. The summed E-state index contributed by atoms with van der Waals surface area (Å²) in [6.45, 7) is 0. The van der Waals surface area contributed by atoms with Crippen molar-refractivity contribution in [2.75, 3.05) is 18.7 Å². The van der Waals surface area contributed by atoms with Crippen molar-refractivity contribution in [2.24, 2.45) is 5.73 Å². The van der Waals surface area contributed by atoms with Crippen molar-refractivity contribution in [1.29, 1.82) is 0 Å². The molecule has 0 aromatic heterocycles. The Bertz CT molecular complexity index is 511. The summed E-state index contributed by atoms with van der Waals surface area (Å²) >= 11 is 4.68. The second kappa shape index (κ2) is 4.67. The number of anilines is 1. The molecule has 0 spiro atoms. The number of sulfone groups is 1. The summed E-state index contributed by atoms with van der Waals surface area (Å²) in [5.41, 5.74) is 5.75. The molecule has 0 saturated heterocycles. The first kappa shape index (κ1) is 12.7. The van der Waals surface area contributed by atoms with Crippen LogP contribution in [0.1, 0.15) is 0 Å². The fourth-order valence-electron chi connectivity index (χ4n) is 1.15. The summed E-state index contributed by atoms with van der Waals surface area (Å²) in [5, 5.41) is 2.70. The Labute approximate surface area is 99.5 Å². The first-order chi connectivity index (χ1) is 7.34. The summed E-state index contributed by atoms with van der Waals surface area (Å²) in [5.74, 6) is 0.472. The molecule has 0 aliphatic carbocycles. The molecule has 0 radical (unpaired) electrons. The molecule has 0 aliphatic rings. The molecule has 0 unspecified atom stereocenters. The largest absolute Gasteiger partial charge is 0.495 e. The molecule has 7 heteroatoms. The topological polar surface area (TPSA) is 81.4 Å². The van der Waals surface area contributed by atoms with Crippen LogP contribution < -0.4 is 15.8 Å². The van der Waals surface area contributed by atoms with Gasteiger partial charge in [0.2, 0.25) is 0 Å². The maximum absolute atomic E-state index is 11.3. The van der Waals surface area contributed by atoms with Gasteiger partial charge in [0.15, 0.2) is 14.9 Å². The highest BCUT2D eigenvalue weighted by molar-refractivity contribution is 7.90. The van der Waals surface area contributed by atoms with Gasteiger partial charge in [-0.15, -0.1) is 0 Å². The molecule has 0 saturated carbocycles. The predicted octanol–water partition coefficient (Wildman–Crippen LogP) is 0.754. The van der Waals surface area contributed by atoms with Crippen LogP contribution >= 0.6 is 12.2 Å². The summed E-state index contributed by atoms with van der Waals surface area (Å²) in [6.07, 6.45) is 1.12. The lowest BCUT2D eigenvalue weighted by Gasteiger charge is -2.10. The smallest absolute Gasteiger partial charge is 0.175 e. The minimum Gasteiger partial charge on any atom is -0.495 e. The molecule has 0 atom stereocenters. The Morgan fingerprint density at radius 3 is 2.56 bits per heavy atom. The van der Waals surface area contributed by atoms with Gasteiger partial charge in [-0.3, -0.25) is 0 Å². The lowest BCUT2D eigenvalue weighted by Crippen LogP contribution is -2.19. The van der Waals surface area contributed by atoms with Gasteiger partial charge in [-0.2, -0.15) is 0 Å². The summed E-state index contributed by atoms with van der Waals surface area (Å²) < 4.78 is 27.7. The summed E-state index contributed by atoms with van der Waals surface area (Å²) in [6, 6.07) is 4.42. The van der Waals surface area contributed by atoms with Gasteiger partial charge in [0.1, 0.15) is 5.75 Å². The van der Waals surface area contributed by atoms with Crippen LogP contribution in [0.4, 0.5) is 5.69 Å². The first-order valence-corrected chi connectivity index (χ1v) is 6.59. The molecular formula is C9H12N2O3S2. The van der Waals surface area contributed by atoms with Crippen molar-refractivity contribution in [2.45, 2.75) is 4.90 Å². The van der Waals surface area contributed by atoms with Gasteiger partial charge >= 0.3 is 0 Å². The second-order valence-electron chi connectivity index (χ2n) is 3.12. The van der Waals surface area contributed by atoms with E-state index in [9.17, 15) is 8.42 Å². The minimum absolute atomic E-state index is 0.0453. The average molecular weight is 260 g/mol. The third kappa shape index (κ3) is 3.07. The van der Waals surface area contributed by atoms with E-state index in [1.54, 1.807) is 0 Å². The molecule has 0 fully saturated rings. The van der Waals surface area contributed by atoms with Gasteiger partial charge in [-0.05, 0) is 30.4 Å². The highest BCUT2D eigenvalue weighted by atomic mass is 32.2. The Kier molecular flexibility index (Phi) is 3.71. The van der Waals surface area contributed by atoms with Crippen LogP contribution in [0.5, 0.6) is 5.75 Å². The Morgan fingerprint density at radius 2 is 2.12 bits per heavy atom. The third-order valence-corrected chi connectivity index (χ3v) is 3.07. The summed E-state index contributed by atoms with van der Waals surface area (Å²) in [7, 11) is -1.79. The van der Waals surface area contributed by atoms with Gasteiger partial charge in [-0.25, -0.2) is 8.42 Å². The SMILES string of the molecule is COc1ccc(S(C)(=O)=O)cc1NC(N)=S. The van der Waals surface area contributed by atoms with Gasteiger partial charge in [0, 0.05) is 6.26 Å². The maximum Gasteiger partial charge on any atom is 0.175 e. The molecule has 5 nitrogen and oxygen atoms in total. The minimum atomic E-state index is -3.27. The van der Waals surface area contributed by atoms with E-state index in [1.165, 1.54) is 25.3 Å². The van der Waals surface area contributed by atoms with E-state index in [2.05, 4.69) is 17.5 Å². The maximum atomic E-state index is 11.3. The van der Waals surface area contributed by atoms with Crippen LogP contribution in [0.3, 0.4) is 0 Å². The molecule has 0 heterocycles. The number of thiocarbonyl (C=S) groups is 1. The van der Waals surface area contributed by atoms with Crippen LogP contribution in [-0.4, -0.2) is 26.9 Å². The van der Waals surface area contributed by atoms with Gasteiger partial charge in [0.05, 0.1) is 17.7 Å². The molecule has 88 valence electrons. The molecule has 0 aliphatic heterocycles. The predicted molar refractivity (Wildman–Crippen MR) is 66.5 cm³/mol. The normalized spacial score (nSPS) is 10.9. The quantitative estimate of drug-likeness (QED) is 0.781. The lowest BCUT2D eigenvalue weighted by molar-refractivity contribution is 0.416. The third-order valence-electron chi connectivity index (χ3n) is 1.86. The van der Waals surface area contributed by atoms with E-state index in [-0.39, 0.29) is 10.0 Å². The fourth-order valence-corrected chi connectivity index (χ4v) is 1.91. The van der Waals surface area contributed by atoms with Crippen LogP contribution in [0, 0.1) is 0 Å². The first-order valence-electron chi connectivity index (χ1n) is 4.29. The Hall–Kier alpha value is -1.34. The van der Waals surface area contributed by atoms with Crippen LogP contribution in [-0.2, 0) is 9.84 Å². The van der Waals surface area contributed by atoms with E-state index in [0.717, 1.165) is 6.26 Å². The molecule has 0 amide bonds. The van der Waals surface area contributed by atoms with Gasteiger partial charge in [0.25, 0.3) is 0 Å². The van der Waals surface area contributed by atoms with Crippen molar-refractivity contribution < 1.29 is 13.2 Å². The zero-order chi connectivity index (χ0) is 12.3. The van der Waals surface area contributed by atoms with Gasteiger partial charge in [-0.1, -0.05) is 0 Å². The number of rotatable bonds is 3. The van der Waals surface area contributed by atoms with Crippen LogP contribution in [0.15, 0.2) is 23.1 Å². The van der Waals surface area contributed by atoms with E-state index in [1.807, 2.05) is 0 Å². The zero-order valence-corrected chi connectivity index (χ0v) is 10.5. The monoisotopic (exact) mass is 260 g/mol. The van der Waals surface area contributed by atoms with Crippen molar-refractivity contribution in [3.8, 4) is 5.75 Å². The molecular weight excluding hydrogens is 248 g/mol.